The van der Waals surface area contributed by atoms with E-state index >= 15 is 0 Å². The Labute approximate surface area is 113 Å². The van der Waals surface area contributed by atoms with E-state index in [-0.39, 0.29) is 5.54 Å². The first-order valence-corrected chi connectivity index (χ1v) is 6.56. The predicted molar refractivity (Wildman–Crippen MR) is 73.7 cm³/mol. The first-order valence-electron chi connectivity index (χ1n) is 6.18. The van der Waals surface area contributed by atoms with Crippen molar-refractivity contribution in [1.82, 2.24) is 0 Å². The van der Waals surface area contributed by atoms with Crippen molar-refractivity contribution >= 4 is 11.6 Å². The van der Waals surface area contributed by atoms with Crippen molar-refractivity contribution in [2.45, 2.75) is 38.1 Å². The molecule has 1 fully saturated rings. The topological polar surface area (TPSA) is 44.5 Å². The fourth-order valence-electron chi connectivity index (χ4n) is 2.35. The molecule has 1 aromatic rings. The molecule has 4 heteroatoms. The average molecular weight is 270 g/mol. The van der Waals surface area contributed by atoms with Crippen molar-refractivity contribution in [3.05, 3.63) is 22.2 Å². The molecule has 0 heterocycles. The van der Waals surface area contributed by atoms with E-state index in [4.69, 9.17) is 26.8 Å². The maximum atomic E-state index is 6.47. The molecule has 0 radical (unpaired) electrons. The van der Waals surface area contributed by atoms with Gasteiger partial charge in [-0.2, -0.15) is 0 Å². The highest BCUT2D eigenvalue weighted by atomic mass is 35.5. The summed E-state index contributed by atoms with van der Waals surface area (Å²) in [5, 5.41) is 0.624. The van der Waals surface area contributed by atoms with Crippen LogP contribution < -0.4 is 15.2 Å². The van der Waals surface area contributed by atoms with Gasteiger partial charge in [0.1, 0.15) is 0 Å². The van der Waals surface area contributed by atoms with Crippen LogP contribution in [-0.4, -0.2) is 14.2 Å². The highest BCUT2D eigenvalue weighted by Crippen LogP contribution is 2.51. The standard InChI is InChI=1S/C14H20ClNO2/c1-8(2)11-9(14(16)5-6-14)7-10(17-3)13(18-4)12(11)15/h7-8H,5-6,16H2,1-4H3. The number of nitrogens with two attached hydrogens (primary N) is 1. The Morgan fingerprint density at radius 3 is 2.28 bits per heavy atom. The summed E-state index contributed by atoms with van der Waals surface area (Å²) >= 11 is 6.47. The van der Waals surface area contributed by atoms with Crippen LogP contribution >= 0.6 is 11.6 Å². The Morgan fingerprint density at radius 1 is 1.28 bits per heavy atom. The van der Waals surface area contributed by atoms with Gasteiger partial charge in [0.05, 0.1) is 19.2 Å². The molecule has 0 aromatic heterocycles. The second-order valence-electron chi connectivity index (χ2n) is 5.20. The molecule has 1 aliphatic rings. The van der Waals surface area contributed by atoms with E-state index in [0.717, 1.165) is 24.0 Å². The minimum atomic E-state index is -0.233. The summed E-state index contributed by atoms with van der Waals surface area (Å²) in [6.45, 7) is 4.23. The molecule has 2 N–H and O–H groups in total. The maximum absolute atomic E-state index is 6.47. The number of rotatable bonds is 4. The van der Waals surface area contributed by atoms with Gasteiger partial charge in [0.25, 0.3) is 0 Å². The van der Waals surface area contributed by atoms with Crippen LogP contribution in [0.4, 0.5) is 0 Å². The van der Waals surface area contributed by atoms with Crippen molar-refractivity contribution in [3.8, 4) is 11.5 Å². The quantitative estimate of drug-likeness (QED) is 0.911. The van der Waals surface area contributed by atoms with Gasteiger partial charge in [-0.05, 0) is 36.0 Å². The first-order chi connectivity index (χ1) is 8.44. The van der Waals surface area contributed by atoms with E-state index in [0.29, 0.717) is 22.4 Å². The number of benzene rings is 1. The van der Waals surface area contributed by atoms with Crippen LogP contribution in [0.25, 0.3) is 0 Å². The second kappa shape index (κ2) is 4.63. The molecule has 1 aromatic carbocycles. The van der Waals surface area contributed by atoms with Crippen molar-refractivity contribution in [1.29, 1.82) is 0 Å². The number of hydrogen-bond acceptors (Lipinski definition) is 3. The van der Waals surface area contributed by atoms with E-state index in [1.807, 2.05) is 6.07 Å². The molecule has 100 valence electrons. The number of ether oxygens (including phenoxy) is 2. The monoisotopic (exact) mass is 269 g/mol. The number of hydrogen-bond donors (Lipinski definition) is 1. The molecule has 0 bridgehead atoms. The fourth-order valence-corrected chi connectivity index (χ4v) is 2.84. The normalized spacial score (nSPS) is 16.8. The Bertz CT molecular complexity index is 467. The van der Waals surface area contributed by atoms with Crippen LogP contribution in [0, 0.1) is 0 Å². The molecule has 2 rings (SSSR count). The van der Waals surface area contributed by atoms with Gasteiger partial charge in [-0.1, -0.05) is 25.4 Å². The van der Waals surface area contributed by atoms with Crippen molar-refractivity contribution < 1.29 is 9.47 Å². The second-order valence-corrected chi connectivity index (χ2v) is 5.58. The fraction of sp³-hybridized carbons (Fsp3) is 0.571. The number of halogens is 1. The Balaban J connectivity index is 2.68. The third-order valence-electron chi connectivity index (χ3n) is 3.55. The highest BCUT2D eigenvalue weighted by molar-refractivity contribution is 6.33. The van der Waals surface area contributed by atoms with E-state index in [1.165, 1.54) is 0 Å². The summed E-state index contributed by atoms with van der Waals surface area (Å²) in [5.41, 5.74) is 8.28. The molecule has 0 amide bonds. The van der Waals surface area contributed by atoms with E-state index in [1.54, 1.807) is 14.2 Å². The van der Waals surface area contributed by atoms with Crippen LogP contribution in [0.15, 0.2) is 6.07 Å². The lowest BCUT2D eigenvalue weighted by molar-refractivity contribution is 0.353. The largest absolute Gasteiger partial charge is 0.493 e. The van der Waals surface area contributed by atoms with Gasteiger partial charge in [-0.25, -0.2) is 0 Å². The zero-order valence-corrected chi connectivity index (χ0v) is 12.1. The lowest BCUT2D eigenvalue weighted by Gasteiger charge is -2.23. The lowest BCUT2D eigenvalue weighted by Crippen LogP contribution is -2.21. The van der Waals surface area contributed by atoms with Gasteiger partial charge in [-0.3, -0.25) is 0 Å². The number of methoxy groups -OCH3 is 2. The average Bonchev–Trinajstić information content (AvgIpc) is 3.06. The molecule has 1 aliphatic carbocycles. The zero-order chi connectivity index (χ0) is 13.5. The Morgan fingerprint density at radius 2 is 1.89 bits per heavy atom. The predicted octanol–water partition coefficient (Wildman–Crippen LogP) is 3.43. The summed E-state index contributed by atoms with van der Waals surface area (Å²) < 4.78 is 10.7. The van der Waals surface area contributed by atoms with Gasteiger partial charge in [0, 0.05) is 5.54 Å². The molecule has 1 saturated carbocycles. The SMILES string of the molecule is COc1cc(C2(N)CC2)c(C(C)C)c(Cl)c1OC. The zero-order valence-electron chi connectivity index (χ0n) is 11.3. The third-order valence-corrected chi connectivity index (χ3v) is 3.93. The smallest absolute Gasteiger partial charge is 0.179 e. The van der Waals surface area contributed by atoms with Gasteiger partial charge in [-0.15, -0.1) is 0 Å². The molecule has 0 spiro atoms. The Hall–Kier alpha value is -0.930. The summed E-state index contributed by atoms with van der Waals surface area (Å²) in [7, 11) is 3.21. The van der Waals surface area contributed by atoms with Crippen LogP contribution in [0.1, 0.15) is 43.7 Å². The lowest BCUT2D eigenvalue weighted by atomic mass is 9.91. The summed E-state index contributed by atoms with van der Waals surface area (Å²) in [6, 6.07) is 1.98. The minimum absolute atomic E-state index is 0.233. The molecular weight excluding hydrogens is 250 g/mol. The van der Waals surface area contributed by atoms with Gasteiger partial charge in [0.15, 0.2) is 11.5 Å². The maximum Gasteiger partial charge on any atom is 0.179 e. The Kier molecular flexibility index (Phi) is 3.47. The van der Waals surface area contributed by atoms with Crippen molar-refractivity contribution in [3.63, 3.8) is 0 Å². The molecular formula is C14H20ClNO2. The molecule has 0 aliphatic heterocycles. The first kappa shape index (κ1) is 13.5. The van der Waals surface area contributed by atoms with Crippen molar-refractivity contribution in [2.75, 3.05) is 14.2 Å². The van der Waals surface area contributed by atoms with Gasteiger partial charge < -0.3 is 15.2 Å². The van der Waals surface area contributed by atoms with Gasteiger partial charge >= 0.3 is 0 Å². The molecule has 0 unspecified atom stereocenters. The highest BCUT2D eigenvalue weighted by Gasteiger charge is 2.43. The van der Waals surface area contributed by atoms with Crippen LogP contribution in [-0.2, 0) is 5.54 Å². The van der Waals surface area contributed by atoms with E-state index < -0.39 is 0 Å². The minimum Gasteiger partial charge on any atom is -0.493 e. The van der Waals surface area contributed by atoms with Gasteiger partial charge in [0.2, 0.25) is 0 Å². The molecule has 18 heavy (non-hydrogen) atoms. The third kappa shape index (κ3) is 2.06. The summed E-state index contributed by atoms with van der Waals surface area (Å²) in [4.78, 5) is 0. The summed E-state index contributed by atoms with van der Waals surface area (Å²) in [5.74, 6) is 1.54. The van der Waals surface area contributed by atoms with E-state index in [9.17, 15) is 0 Å². The van der Waals surface area contributed by atoms with Crippen LogP contribution in [0.3, 0.4) is 0 Å². The van der Waals surface area contributed by atoms with E-state index in [2.05, 4.69) is 13.8 Å². The summed E-state index contributed by atoms with van der Waals surface area (Å²) in [6.07, 6.45) is 2.00. The van der Waals surface area contributed by atoms with Crippen LogP contribution in [0.5, 0.6) is 11.5 Å². The molecule has 3 nitrogen and oxygen atoms in total. The molecule has 0 atom stereocenters. The molecule has 0 saturated heterocycles. The van der Waals surface area contributed by atoms with Crippen molar-refractivity contribution in [2.24, 2.45) is 5.73 Å². The van der Waals surface area contributed by atoms with Crippen LogP contribution in [0.2, 0.25) is 5.02 Å².